The second-order valence-electron chi connectivity index (χ2n) is 2.50. The lowest BCUT2D eigenvalue weighted by atomic mass is 10.3. The molecule has 1 rings (SSSR count). The fourth-order valence-corrected chi connectivity index (χ4v) is 2.29. The van der Waals surface area contributed by atoms with E-state index in [0.717, 1.165) is 8.66 Å². The largest absolute Gasteiger partial charge is 0.453 e. The zero-order valence-corrected chi connectivity index (χ0v) is 9.74. The normalized spacial score (nSPS) is 12.2. The van der Waals surface area contributed by atoms with Crippen molar-refractivity contribution in [1.29, 1.82) is 0 Å². The first kappa shape index (κ1) is 10.5. The standard InChI is InChI=1S/C8H10BrNO2S/c1-5(10-8(11)12-2)6-3-4-7(9)13-6/h3-5H,1-2H3,(H,10,11). The summed E-state index contributed by atoms with van der Waals surface area (Å²) in [5, 5.41) is 2.69. The second kappa shape index (κ2) is 4.62. The van der Waals surface area contributed by atoms with Crippen molar-refractivity contribution in [1.82, 2.24) is 5.32 Å². The maximum absolute atomic E-state index is 10.9. The summed E-state index contributed by atoms with van der Waals surface area (Å²) in [6, 6.07) is 3.91. The molecule has 0 aliphatic heterocycles. The van der Waals surface area contributed by atoms with E-state index >= 15 is 0 Å². The zero-order chi connectivity index (χ0) is 9.84. The van der Waals surface area contributed by atoms with Crippen molar-refractivity contribution in [3.05, 3.63) is 20.8 Å². The third-order valence-electron chi connectivity index (χ3n) is 1.54. The van der Waals surface area contributed by atoms with Crippen LogP contribution in [0.15, 0.2) is 15.9 Å². The van der Waals surface area contributed by atoms with Crippen LogP contribution in [0.5, 0.6) is 0 Å². The van der Waals surface area contributed by atoms with E-state index in [9.17, 15) is 4.79 Å². The van der Waals surface area contributed by atoms with Gasteiger partial charge in [-0.15, -0.1) is 11.3 Å². The molecule has 0 aromatic carbocycles. The van der Waals surface area contributed by atoms with Crippen molar-refractivity contribution in [2.75, 3.05) is 7.11 Å². The Balaban J connectivity index is 2.58. The minimum Gasteiger partial charge on any atom is -0.453 e. The predicted octanol–water partition coefficient (Wildman–Crippen LogP) is 2.93. The van der Waals surface area contributed by atoms with Crippen molar-refractivity contribution in [2.24, 2.45) is 0 Å². The van der Waals surface area contributed by atoms with Crippen molar-refractivity contribution < 1.29 is 9.53 Å². The van der Waals surface area contributed by atoms with Crippen LogP contribution in [0.2, 0.25) is 0 Å². The summed E-state index contributed by atoms with van der Waals surface area (Å²) in [6.45, 7) is 1.91. The van der Waals surface area contributed by atoms with Crippen LogP contribution in [-0.2, 0) is 4.74 Å². The van der Waals surface area contributed by atoms with Crippen LogP contribution in [0.1, 0.15) is 17.8 Å². The van der Waals surface area contributed by atoms with E-state index in [1.165, 1.54) is 7.11 Å². The van der Waals surface area contributed by atoms with E-state index in [1.807, 2.05) is 19.1 Å². The molecule has 0 aliphatic rings. The summed E-state index contributed by atoms with van der Waals surface area (Å²) < 4.78 is 5.55. The summed E-state index contributed by atoms with van der Waals surface area (Å²) in [5.41, 5.74) is 0. The highest BCUT2D eigenvalue weighted by atomic mass is 79.9. The molecule has 1 aromatic heterocycles. The number of methoxy groups -OCH3 is 1. The van der Waals surface area contributed by atoms with Gasteiger partial charge in [-0.1, -0.05) is 0 Å². The highest BCUT2D eigenvalue weighted by Crippen LogP contribution is 2.26. The molecule has 1 heterocycles. The van der Waals surface area contributed by atoms with Gasteiger partial charge < -0.3 is 10.1 Å². The lowest BCUT2D eigenvalue weighted by Gasteiger charge is -2.10. The number of hydrogen-bond acceptors (Lipinski definition) is 3. The third kappa shape index (κ3) is 3.00. The average molecular weight is 264 g/mol. The lowest BCUT2D eigenvalue weighted by Crippen LogP contribution is -2.25. The summed E-state index contributed by atoms with van der Waals surface area (Å²) in [6.07, 6.45) is -0.406. The first-order valence-electron chi connectivity index (χ1n) is 3.73. The van der Waals surface area contributed by atoms with Gasteiger partial charge in [0.25, 0.3) is 0 Å². The van der Waals surface area contributed by atoms with Crippen molar-refractivity contribution in [2.45, 2.75) is 13.0 Å². The molecule has 1 aromatic rings. The Kier molecular flexibility index (Phi) is 3.74. The minimum absolute atomic E-state index is 0.0104. The quantitative estimate of drug-likeness (QED) is 0.891. The molecule has 0 saturated heterocycles. The van der Waals surface area contributed by atoms with E-state index in [1.54, 1.807) is 11.3 Å². The monoisotopic (exact) mass is 263 g/mol. The molecular formula is C8H10BrNO2S. The van der Waals surface area contributed by atoms with E-state index < -0.39 is 6.09 Å². The molecule has 3 nitrogen and oxygen atoms in total. The summed E-state index contributed by atoms with van der Waals surface area (Å²) in [5.74, 6) is 0. The van der Waals surface area contributed by atoms with Gasteiger partial charge in [-0.25, -0.2) is 4.79 Å². The van der Waals surface area contributed by atoms with E-state index in [0.29, 0.717) is 0 Å². The Morgan fingerprint density at radius 3 is 2.85 bits per heavy atom. The van der Waals surface area contributed by atoms with Gasteiger partial charge in [-0.3, -0.25) is 0 Å². The molecule has 0 bridgehead atoms. The van der Waals surface area contributed by atoms with Crippen LogP contribution >= 0.6 is 27.3 Å². The van der Waals surface area contributed by atoms with Gasteiger partial charge in [0.1, 0.15) is 0 Å². The highest BCUT2D eigenvalue weighted by molar-refractivity contribution is 9.11. The van der Waals surface area contributed by atoms with E-state index in [2.05, 4.69) is 26.0 Å². The van der Waals surface area contributed by atoms with Gasteiger partial charge in [0.2, 0.25) is 0 Å². The number of carbonyl (C=O) groups excluding carboxylic acids is 1. The number of alkyl carbamates (subject to hydrolysis) is 1. The van der Waals surface area contributed by atoms with Gasteiger partial charge in [-0.05, 0) is 35.0 Å². The van der Waals surface area contributed by atoms with Gasteiger partial charge in [-0.2, -0.15) is 0 Å². The average Bonchev–Trinajstić information content (AvgIpc) is 2.51. The molecule has 1 unspecified atom stereocenters. The molecule has 0 saturated carbocycles. The molecule has 0 aliphatic carbocycles. The number of halogens is 1. The Labute approximate surface area is 89.2 Å². The maximum Gasteiger partial charge on any atom is 0.407 e. The molecule has 13 heavy (non-hydrogen) atoms. The number of carbonyl (C=O) groups is 1. The lowest BCUT2D eigenvalue weighted by molar-refractivity contribution is 0.167. The number of hydrogen-bond donors (Lipinski definition) is 1. The SMILES string of the molecule is COC(=O)NC(C)c1ccc(Br)s1. The number of amides is 1. The Morgan fingerprint density at radius 1 is 1.69 bits per heavy atom. The fraction of sp³-hybridized carbons (Fsp3) is 0.375. The maximum atomic E-state index is 10.9. The second-order valence-corrected chi connectivity index (χ2v) is 4.99. The van der Waals surface area contributed by atoms with Crippen LogP contribution in [0.3, 0.4) is 0 Å². The van der Waals surface area contributed by atoms with Crippen LogP contribution in [0.4, 0.5) is 4.79 Å². The smallest absolute Gasteiger partial charge is 0.407 e. The first-order valence-corrected chi connectivity index (χ1v) is 5.34. The van der Waals surface area contributed by atoms with Gasteiger partial charge in [0.05, 0.1) is 16.9 Å². The van der Waals surface area contributed by atoms with Crippen LogP contribution < -0.4 is 5.32 Å². The molecule has 1 N–H and O–H groups in total. The molecule has 1 amide bonds. The van der Waals surface area contributed by atoms with Crippen molar-refractivity contribution in [3.8, 4) is 0 Å². The predicted molar refractivity (Wildman–Crippen MR) is 56.0 cm³/mol. The zero-order valence-electron chi connectivity index (χ0n) is 7.33. The Hall–Kier alpha value is -0.550. The van der Waals surface area contributed by atoms with Crippen LogP contribution in [-0.4, -0.2) is 13.2 Å². The van der Waals surface area contributed by atoms with Gasteiger partial charge in [0.15, 0.2) is 0 Å². The topological polar surface area (TPSA) is 38.3 Å². The number of thiophene rings is 1. The number of ether oxygens (including phenoxy) is 1. The molecule has 1 atom stereocenters. The summed E-state index contributed by atoms with van der Waals surface area (Å²) >= 11 is 4.95. The summed E-state index contributed by atoms with van der Waals surface area (Å²) in [7, 11) is 1.35. The Morgan fingerprint density at radius 2 is 2.38 bits per heavy atom. The van der Waals surface area contributed by atoms with Crippen molar-refractivity contribution in [3.63, 3.8) is 0 Å². The third-order valence-corrected chi connectivity index (χ3v) is 3.35. The molecule has 0 radical (unpaired) electrons. The molecule has 72 valence electrons. The number of rotatable bonds is 2. The molecule has 0 fully saturated rings. The first-order chi connectivity index (χ1) is 6.13. The fourth-order valence-electron chi connectivity index (χ4n) is 0.868. The van der Waals surface area contributed by atoms with Crippen molar-refractivity contribution >= 4 is 33.4 Å². The van der Waals surface area contributed by atoms with Gasteiger partial charge >= 0.3 is 6.09 Å². The molecule has 0 spiro atoms. The number of nitrogens with one attached hydrogen (secondary N) is 1. The Bertz CT molecular complexity index is 300. The minimum atomic E-state index is -0.406. The molecule has 5 heteroatoms. The molecular weight excluding hydrogens is 254 g/mol. The van der Waals surface area contributed by atoms with E-state index in [-0.39, 0.29) is 6.04 Å². The van der Waals surface area contributed by atoms with E-state index in [4.69, 9.17) is 0 Å². The van der Waals surface area contributed by atoms with Gasteiger partial charge in [0, 0.05) is 4.88 Å². The highest BCUT2D eigenvalue weighted by Gasteiger charge is 2.10. The van der Waals surface area contributed by atoms with Crippen LogP contribution in [0, 0.1) is 0 Å². The van der Waals surface area contributed by atoms with Crippen LogP contribution in [0.25, 0.3) is 0 Å². The summed E-state index contributed by atoms with van der Waals surface area (Å²) in [4.78, 5) is 12.0.